The Morgan fingerprint density at radius 2 is 1.67 bits per heavy atom. The summed E-state index contributed by atoms with van der Waals surface area (Å²) in [6, 6.07) is 17.7. The van der Waals surface area contributed by atoms with Crippen LogP contribution in [0.15, 0.2) is 77.7 Å². The lowest BCUT2D eigenvalue weighted by Crippen LogP contribution is -2.54. The quantitative estimate of drug-likeness (QED) is 0.289. The predicted molar refractivity (Wildman–Crippen MR) is 165 cm³/mol. The van der Waals surface area contributed by atoms with Gasteiger partial charge >= 0.3 is 0 Å². The third-order valence-electron chi connectivity index (χ3n) is 7.83. The van der Waals surface area contributed by atoms with Crippen molar-refractivity contribution in [3.8, 4) is 5.75 Å². The lowest BCUT2D eigenvalue weighted by Gasteiger charge is -2.34. The van der Waals surface area contributed by atoms with Crippen molar-refractivity contribution in [3.05, 3.63) is 89.7 Å². The van der Waals surface area contributed by atoms with Crippen LogP contribution in [-0.4, -0.2) is 50.9 Å². The maximum atomic E-state index is 14.2. The Bertz CT molecular complexity index is 1490. The van der Waals surface area contributed by atoms with Gasteiger partial charge in [0, 0.05) is 12.6 Å². The van der Waals surface area contributed by atoms with Crippen LogP contribution in [0.2, 0.25) is 0 Å². The summed E-state index contributed by atoms with van der Waals surface area (Å²) >= 11 is 0. The molecule has 0 bridgehead atoms. The molecule has 0 heterocycles. The number of ether oxygens (including phenoxy) is 1. The van der Waals surface area contributed by atoms with Crippen molar-refractivity contribution >= 4 is 27.5 Å². The third kappa shape index (κ3) is 8.13. The second-order valence-electron chi connectivity index (χ2n) is 10.9. The van der Waals surface area contributed by atoms with E-state index in [2.05, 4.69) is 5.32 Å². The predicted octanol–water partition coefficient (Wildman–Crippen LogP) is 5.59. The summed E-state index contributed by atoms with van der Waals surface area (Å²) in [6.07, 6.45) is 5.32. The SMILES string of the molecule is CCC(C(=O)NC1CCCCC1)N(Cc1cccc(OC)c1)C(=O)CN(c1ccc(F)cc1)S(=O)(=O)c1ccc(C)cc1. The Morgan fingerprint density at radius 1 is 1.00 bits per heavy atom. The normalized spacial score (nSPS) is 14.5. The molecule has 1 atom stereocenters. The molecule has 230 valence electrons. The second-order valence-corrected chi connectivity index (χ2v) is 12.8. The van der Waals surface area contributed by atoms with Gasteiger partial charge in [0.1, 0.15) is 24.2 Å². The minimum absolute atomic E-state index is 0.00310. The Balaban J connectivity index is 1.71. The number of anilines is 1. The van der Waals surface area contributed by atoms with Gasteiger partial charge in [-0.25, -0.2) is 12.8 Å². The fraction of sp³-hybridized carbons (Fsp3) is 0.394. The first-order valence-electron chi connectivity index (χ1n) is 14.7. The highest BCUT2D eigenvalue weighted by Crippen LogP contribution is 2.26. The fourth-order valence-electron chi connectivity index (χ4n) is 5.40. The molecule has 1 fully saturated rings. The molecule has 4 rings (SSSR count). The topological polar surface area (TPSA) is 96.0 Å². The van der Waals surface area contributed by atoms with E-state index in [1.54, 1.807) is 37.4 Å². The number of aryl methyl sites for hydroxylation is 1. The maximum absolute atomic E-state index is 14.2. The fourth-order valence-corrected chi connectivity index (χ4v) is 6.82. The van der Waals surface area contributed by atoms with Crippen LogP contribution in [0.25, 0.3) is 0 Å². The van der Waals surface area contributed by atoms with Crippen LogP contribution in [0.1, 0.15) is 56.6 Å². The molecule has 3 aromatic rings. The molecule has 2 amide bonds. The molecule has 0 aliphatic heterocycles. The zero-order chi connectivity index (χ0) is 31.0. The van der Waals surface area contributed by atoms with E-state index in [-0.39, 0.29) is 29.1 Å². The maximum Gasteiger partial charge on any atom is 0.264 e. The number of carbonyl (C=O) groups excluding carboxylic acids is 2. The van der Waals surface area contributed by atoms with Crippen LogP contribution in [0, 0.1) is 12.7 Å². The number of nitrogens with zero attached hydrogens (tertiary/aromatic N) is 2. The zero-order valence-corrected chi connectivity index (χ0v) is 25.8. The third-order valence-corrected chi connectivity index (χ3v) is 9.62. The number of hydrogen-bond donors (Lipinski definition) is 1. The molecule has 1 saturated carbocycles. The number of carbonyl (C=O) groups is 2. The smallest absolute Gasteiger partial charge is 0.264 e. The molecule has 1 N–H and O–H groups in total. The summed E-state index contributed by atoms with van der Waals surface area (Å²) in [4.78, 5) is 29.3. The van der Waals surface area contributed by atoms with E-state index >= 15 is 0 Å². The molecule has 0 aromatic heterocycles. The van der Waals surface area contributed by atoms with E-state index in [4.69, 9.17) is 4.74 Å². The molecular formula is C33H40FN3O5S. The van der Waals surface area contributed by atoms with Gasteiger partial charge in [0.2, 0.25) is 11.8 Å². The number of nitrogens with one attached hydrogen (secondary N) is 1. The Hall–Kier alpha value is -3.92. The van der Waals surface area contributed by atoms with Crippen LogP contribution in [-0.2, 0) is 26.2 Å². The first-order valence-corrected chi connectivity index (χ1v) is 16.1. The molecule has 0 saturated heterocycles. The molecule has 10 heteroatoms. The monoisotopic (exact) mass is 609 g/mol. The highest BCUT2D eigenvalue weighted by molar-refractivity contribution is 7.92. The first-order chi connectivity index (χ1) is 20.6. The number of amides is 2. The Kier molecular flexibility index (Phi) is 10.8. The van der Waals surface area contributed by atoms with Crippen LogP contribution >= 0.6 is 0 Å². The van der Waals surface area contributed by atoms with E-state index in [1.807, 2.05) is 19.9 Å². The number of methoxy groups -OCH3 is 1. The van der Waals surface area contributed by atoms with Crippen molar-refractivity contribution in [3.63, 3.8) is 0 Å². The molecule has 8 nitrogen and oxygen atoms in total. The van der Waals surface area contributed by atoms with Gasteiger partial charge in [-0.2, -0.15) is 0 Å². The van der Waals surface area contributed by atoms with Crippen molar-refractivity contribution in [1.82, 2.24) is 10.2 Å². The Labute approximate surface area is 253 Å². The minimum Gasteiger partial charge on any atom is -0.497 e. The molecule has 1 aliphatic rings. The van der Waals surface area contributed by atoms with E-state index in [0.717, 1.165) is 59.7 Å². The lowest BCUT2D eigenvalue weighted by molar-refractivity contribution is -0.140. The average Bonchev–Trinajstić information content (AvgIpc) is 3.01. The van der Waals surface area contributed by atoms with Crippen molar-refractivity contribution < 1.29 is 27.1 Å². The van der Waals surface area contributed by atoms with E-state index in [1.165, 1.54) is 29.2 Å². The largest absolute Gasteiger partial charge is 0.497 e. The number of rotatable bonds is 12. The van der Waals surface area contributed by atoms with Crippen LogP contribution in [0.3, 0.4) is 0 Å². The van der Waals surface area contributed by atoms with Gasteiger partial charge in [0.25, 0.3) is 10.0 Å². The van der Waals surface area contributed by atoms with Crippen molar-refractivity contribution in [2.45, 2.75) is 75.9 Å². The summed E-state index contributed by atoms with van der Waals surface area (Å²) in [6.45, 7) is 3.16. The van der Waals surface area contributed by atoms with Gasteiger partial charge in [-0.1, -0.05) is 56.0 Å². The highest BCUT2D eigenvalue weighted by Gasteiger charge is 2.34. The van der Waals surface area contributed by atoms with Gasteiger partial charge in [0.15, 0.2) is 0 Å². The number of benzene rings is 3. The van der Waals surface area contributed by atoms with Crippen molar-refractivity contribution in [2.75, 3.05) is 18.0 Å². The molecule has 1 aliphatic carbocycles. The average molecular weight is 610 g/mol. The molecule has 0 spiro atoms. The molecule has 3 aromatic carbocycles. The number of halogens is 1. The number of hydrogen-bond acceptors (Lipinski definition) is 5. The van der Waals surface area contributed by atoms with Crippen LogP contribution in [0.5, 0.6) is 5.75 Å². The second kappa shape index (κ2) is 14.5. The number of sulfonamides is 1. The summed E-state index contributed by atoms with van der Waals surface area (Å²) in [5.74, 6) is -0.763. The van der Waals surface area contributed by atoms with Crippen molar-refractivity contribution in [2.24, 2.45) is 0 Å². The summed E-state index contributed by atoms with van der Waals surface area (Å²) in [7, 11) is -2.68. The van der Waals surface area contributed by atoms with Gasteiger partial charge in [-0.05, 0) is 80.3 Å². The van der Waals surface area contributed by atoms with E-state index < -0.39 is 34.3 Å². The molecule has 43 heavy (non-hydrogen) atoms. The highest BCUT2D eigenvalue weighted by atomic mass is 32.2. The standard InChI is InChI=1S/C33H40FN3O5S/c1-4-31(33(39)35-27-10-6-5-7-11-27)36(22-25-9-8-12-29(21-25)42-3)32(38)23-37(28-17-15-26(34)16-18-28)43(40,41)30-19-13-24(2)14-20-30/h8-9,12-21,27,31H,4-7,10-11,22-23H2,1-3H3,(H,35,39). The van der Waals surface area contributed by atoms with E-state index in [0.29, 0.717) is 12.2 Å². The molecular weight excluding hydrogens is 569 g/mol. The van der Waals surface area contributed by atoms with Crippen LogP contribution in [0.4, 0.5) is 10.1 Å². The van der Waals surface area contributed by atoms with E-state index in [9.17, 15) is 22.4 Å². The van der Waals surface area contributed by atoms with Gasteiger partial charge in [-0.15, -0.1) is 0 Å². The summed E-state index contributed by atoms with van der Waals surface area (Å²) < 4.78 is 48.0. The van der Waals surface area contributed by atoms with Gasteiger partial charge < -0.3 is 15.0 Å². The minimum atomic E-state index is -4.23. The lowest BCUT2D eigenvalue weighted by atomic mass is 9.95. The zero-order valence-electron chi connectivity index (χ0n) is 25.0. The first kappa shape index (κ1) is 32.0. The van der Waals surface area contributed by atoms with Crippen molar-refractivity contribution in [1.29, 1.82) is 0 Å². The summed E-state index contributed by atoms with van der Waals surface area (Å²) in [5.41, 5.74) is 1.74. The summed E-state index contributed by atoms with van der Waals surface area (Å²) in [5, 5.41) is 3.14. The van der Waals surface area contributed by atoms with Gasteiger partial charge in [-0.3, -0.25) is 13.9 Å². The molecule has 1 unspecified atom stereocenters. The molecule has 0 radical (unpaired) electrons. The Morgan fingerprint density at radius 3 is 2.30 bits per heavy atom. The van der Waals surface area contributed by atoms with Gasteiger partial charge in [0.05, 0.1) is 17.7 Å². The van der Waals surface area contributed by atoms with Crippen LogP contribution < -0.4 is 14.4 Å².